The van der Waals surface area contributed by atoms with Crippen LogP contribution in [0.4, 0.5) is 5.69 Å². The molecule has 1 heterocycles. The minimum atomic E-state index is -3.58. The van der Waals surface area contributed by atoms with Gasteiger partial charge in [0, 0.05) is 25.2 Å². The van der Waals surface area contributed by atoms with E-state index in [0.717, 1.165) is 29.8 Å². The number of ether oxygens (including phenoxy) is 1. The summed E-state index contributed by atoms with van der Waals surface area (Å²) in [6, 6.07) is 14.0. The summed E-state index contributed by atoms with van der Waals surface area (Å²) in [5, 5.41) is 0. The Morgan fingerprint density at radius 3 is 2.37 bits per heavy atom. The third-order valence-electron chi connectivity index (χ3n) is 4.65. The number of carbonyl (C=O) groups is 1. The van der Waals surface area contributed by atoms with E-state index in [0.29, 0.717) is 25.9 Å². The Bertz CT molecular complexity index is 877. The number of hydrogen-bond donors (Lipinski definition) is 1. The van der Waals surface area contributed by atoms with Crippen LogP contribution in [0.15, 0.2) is 53.4 Å². The maximum absolute atomic E-state index is 12.5. The molecule has 1 fully saturated rings. The van der Waals surface area contributed by atoms with E-state index < -0.39 is 10.0 Å². The van der Waals surface area contributed by atoms with Crippen molar-refractivity contribution in [3.8, 4) is 5.75 Å². The van der Waals surface area contributed by atoms with Gasteiger partial charge in [0.1, 0.15) is 5.75 Å². The predicted octanol–water partition coefficient (Wildman–Crippen LogP) is 2.73. The van der Waals surface area contributed by atoms with Gasteiger partial charge >= 0.3 is 0 Å². The number of nitrogens with zero attached hydrogens (tertiary/aromatic N) is 1. The molecule has 27 heavy (non-hydrogen) atoms. The number of carbonyl (C=O) groups excluding carboxylic acids is 1. The van der Waals surface area contributed by atoms with Crippen LogP contribution >= 0.6 is 0 Å². The first kappa shape index (κ1) is 19.4. The highest BCUT2D eigenvalue weighted by Gasteiger charge is 2.20. The SMILES string of the molecule is COc1ccc(CCNS(=O)(=O)c2ccc(N3CCCCC3=O)cc2)cc1. The largest absolute Gasteiger partial charge is 0.497 e. The van der Waals surface area contributed by atoms with Gasteiger partial charge in [-0.3, -0.25) is 4.79 Å². The average Bonchev–Trinajstić information content (AvgIpc) is 2.69. The quantitative estimate of drug-likeness (QED) is 0.791. The molecule has 1 aliphatic heterocycles. The van der Waals surface area contributed by atoms with Gasteiger partial charge in [-0.2, -0.15) is 0 Å². The molecule has 1 aliphatic rings. The van der Waals surface area contributed by atoms with Gasteiger partial charge in [-0.05, 0) is 61.2 Å². The lowest BCUT2D eigenvalue weighted by Crippen LogP contribution is -2.35. The molecule has 6 nitrogen and oxygen atoms in total. The number of rotatable bonds is 7. The molecule has 1 amide bonds. The summed E-state index contributed by atoms with van der Waals surface area (Å²) in [5.74, 6) is 0.862. The Morgan fingerprint density at radius 2 is 1.74 bits per heavy atom. The molecule has 1 N–H and O–H groups in total. The Morgan fingerprint density at radius 1 is 1.04 bits per heavy atom. The standard InChI is InChI=1S/C20H24N2O4S/c1-26-18-9-5-16(6-10-18)13-14-21-27(24,25)19-11-7-17(8-12-19)22-15-3-2-4-20(22)23/h5-12,21H,2-4,13-15H2,1H3. The first-order valence-corrected chi connectivity index (χ1v) is 10.5. The number of nitrogens with one attached hydrogen (secondary N) is 1. The molecule has 0 radical (unpaired) electrons. The third-order valence-corrected chi connectivity index (χ3v) is 6.12. The van der Waals surface area contributed by atoms with Crippen molar-refractivity contribution in [3.63, 3.8) is 0 Å². The normalized spacial score (nSPS) is 15.0. The second-order valence-corrected chi connectivity index (χ2v) is 8.26. The van der Waals surface area contributed by atoms with Crippen LogP contribution in [-0.4, -0.2) is 34.5 Å². The number of hydrogen-bond acceptors (Lipinski definition) is 4. The van der Waals surface area contributed by atoms with Crippen LogP contribution in [0.5, 0.6) is 5.75 Å². The van der Waals surface area contributed by atoms with E-state index in [9.17, 15) is 13.2 Å². The van der Waals surface area contributed by atoms with Gasteiger partial charge in [-0.1, -0.05) is 12.1 Å². The topological polar surface area (TPSA) is 75.7 Å². The van der Waals surface area contributed by atoms with Crippen LogP contribution < -0.4 is 14.4 Å². The summed E-state index contributed by atoms with van der Waals surface area (Å²) < 4.78 is 32.7. The maximum Gasteiger partial charge on any atom is 0.240 e. The molecule has 0 aliphatic carbocycles. The van der Waals surface area contributed by atoms with Crippen LogP contribution in [0, 0.1) is 0 Å². The van der Waals surface area contributed by atoms with E-state index in [1.54, 1.807) is 36.3 Å². The fourth-order valence-corrected chi connectivity index (χ4v) is 4.12. The van der Waals surface area contributed by atoms with Gasteiger partial charge in [0.2, 0.25) is 15.9 Å². The van der Waals surface area contributed by atoms with Gasteiger partial charge in [-0.25, -0.2) is 13.1 Å². The van der Waals surface area contributed by atoms with Crippen molar-refractivity contribution < 1.29 is 17.9 Å². The summed E-state index contributed by atoms with van der Waals surface area (Å²) in [6.45, 7) is 0.992. The van der Waals surface area contributed by atoms with Crippen LogP contribution in [-0.2, 0) is 21.2 Å². The molecule has 0 unspecified atom stereocenters. The summed E-state index contributed by atoms with van der Waals surface area (Å²) in [4.78, 5) is 13.9. The van der Waals surface area contributed by atoms with Crippen LogP contribution in [0.2, 0.25) is 0 Å². The highest BCUT2D eigenvalue weighted by molar-refractivity contribution is 7.89. The second kappa shape index (κ2) is 8.54. The summed E-state index contributed by atoms with van der Waals surface area (Å²) >= 11 is 0. The number of amides is 1. The van der Waals surface area contributed by atoms with Crippen LogP contribution in [0.3, 0.4) is 0 Å². The first-order valence-electron chi connectivity index (χ1n) is 9.02. The molecule has 7 heteroatoms. The van der Waals surface area contributed by atoms with Crippen molar-refractivity contribution in [3.05, 3.63) is 54.1 Å². The number of piperidine rings is 1. The molecule has 1 saturated heterocycles. The van der Waals surface area contributed by atoms with Gasteiger partial charge in [-0.15, -0.1) is 0 Å². The highest BCUT2D eigenvalue weighted by Crippen LogP contribution is 2.22. The Balaban J connectivity index is 1.59. The Labute approximate surface area is 160 Å². The third kappa shape index (κ3) is 4.87. The summed E-state index contributed by atoms with van der Waals surface area (Å²) in [7, 11) is -1.98. The molecule has 0 spiro atoms. The molecular formula is C20H24N2O4S. The molecule has 3 rings (SSSR count). The number of benzene rings is 2. The first-order chi connectivity index (χ1) is 13.0. The van der Waals surface area contributed by atoms with E-state index >= 15 is 0 Å². The molecule has 2 aromatic carbocycles. The zero-order valence-corrected chi connectivity index (χ0v) is 16.2. The van der Waals surface area contributed by atoms with E-state index in [1.807, 2.05) is 24.3 Å². The van der Waals surface area contributed by atoms with E-state index in [1.165, 1.54) is 0 Å². The number of anilines is 1. The van der Waals surface area contributed by atoms with Crippen molar-refractivity contribution >= 4 is 21.6 Å². The van der Waals surface area contributed by atoms with E-state index in [4.69, 9.17) is 4.74 Å². The van der Waals surface area contributed by atoms with Gasteiger partial charge in [0.15, 0.2) is 0 Å². The summed E-state index contributed by atoms with van der Waals surface area (Å²) in [5.41, 5.74) is 1.77. The number of sulfonamides is 1. The zero-order valence-electron chi connectivity index (χ0n) is 15.3. The van der Waals surface area contributed by atoms with Crippen molar-refractivity contribution in [2.45, 2.75) is 30.6 Å². The lowest BCUT2D eigenvalue weighted by Gasteiger charge is -2.26. The Hall–Kier alpha value is -2.38. The van der Waals surface area contributed by atoms with Gasteiger partial charge < -0.3 is 9.64 Å². The molecule has 0 aromatic heterocycles. The second-order valence-electron chi connectivity index (χ2n) is 6.49. The lowest BCUT2D eigenvalue weighted by molar-refractivity contribution is -0.119. The van der Waals surface area contributed by atoms with Crippen molar-refractivity contribution in [2.24, 2.45) is 0 Å². The van der Waals surface area contributed by atoms with Crippen molar-refractivity contribution in [1.82, 2.24) is 4.72 Å². The van der Waals surface area contributed by atoms with Crippen LogP contribution in [0.25, 0.3) is 0 Å². The predicted molar refractivity (Wildman–Crippen MR) is 105 cm³/mol. The molecule has 0 atom stereocenters. The average molecular weight is 388 g/mol. The van der Waals surface area contributed by atoms with Crippen molar-refractivity contribution in [1.29, 1.82) is 0 Å². The highest BCUT2D eigenvalue weighted by atomic mass is 32.2. The zero-order chi connectivity index (χ0) is 19.3. The monoisotopic (exact) mass is 388 g/mol. The van der Waals surface area contributed by atoms with Crippen LogP contribution in [0.1, 0.15) is 24.8 Å². The minimum absolute atomic E-state index is 0.0921. The molecule has 0 saturated carbocycles. The smallest absolute Gasteiger partial charge is 0.240 e. The minimum Gasteiger partial charge on any atom is -0.497 e. The molecule has 2 aromatic rings. The summed E-state index contributed by atoms with van der Waals surface area (Å²) in [6.07, 6.45) is 3.02. The van der Waals surface area contributed by atoms with E-state index in [-0.39, 0.29) is 10.8 Å². The molecule has 144 valence electrons. The fourth-order valence-electron chi connectivity index (χ4n) is 3.09. The molecular weight excluding hydrogens is 364 g/mol. The Kier molecular flexibility index (Phi) is 6.13. The van der Waals surface area contributed by atoms with Gasteiger partial charge in [0.25, 0.3) is 0 Å². The maximum atomic E-state index is 12.5. The lowest BCUT2D eigenvalue weighted by atomic mass is 10.1. The molecule has 0 bridgehead atoms. The van der Waals surface area contributed by atoms with Crippen molar-refractivity contribution in [2.75, 3.05) is 25.1 Å². The fraction of sp³-hybridized carbons (Fsp3) is 0.350. The van der Waals surface area contributed by atoms with E-state index in [2.05, 4.69) is 4.72 Å². The number of methoxy groups -OCH3 is 1. The van der Waals surface area contributed by atoms with Gasteiger partial charge in [0.05, 0.1) is 12.0 Å².